The van der Waals surface area contributed by atoms with Crippen molar-refractivity contribution in [3.63, 3.8) is 0 Å². The number of nitrogens with one attached hydrogen (secondary N) is 2. The molecular weight excluding hydrogens is 368 g/mol. The van der Waals surface area contributed by atoms with Crippen molar-refractivity contribution in [3.8, 4) is 28.3 Å². The Kier molecular flexibility index (Phi) is 4.87. The van der Waals surface area contributed by atoms with Gasteiger partial charge in [-0.05, 0) is 44.2 Å². The molecule has 4 aromatic rings. The van der Waals surface area contributed by atoms with Gasteiger partial charge in [-0.2, -0.15) is 5.10 Å². The number of hydrogen-bond donors (Lipinski definition) is 2. The highest BCUT2D eigenvalue weighted by Gasteiger charge is 2.17. The molecule has 2 heterocycles. The number of amides is 1. The summed E-state index contributed by atoms with van der Waals surface area (Å²) < 4.78 is 10.5. The van der Waals surface area contributed by atoms with Crippen molar-refractivity contribution in [1.82, 2.24) is 15.4 Å². The van der Waals surface area contributed by atoms with Gasteiger partial charge in [0.15, 0.2) is 0 Å². The number of anilines is 1. The summed E-state index contributed by atoms with van der Waals surface area (Å²) in [7, 11) is 1.60. The fourth-order valence-electron chi connectivity index (χ4n) is 3.02. The number of aromatic amines is 1. The second-order valence-electron chi connectivity index (χ2n) is 6.75. The Balaban J connectivity index is 1.60. The molecule has 7 heteroatoms. The van der Waals surface area contributed by atoms with Gasteiger partial charge in [-0.3, -0.25) is 9.89 Å². The predicted octanol–water partition coefficient (Wildman–Crippen LogP) is 4.61. The van der Waals surface area contributed by atoms with E-state index in [1.807, 2.05) is 62.4 Å². The topological polar surface area (TPSA) is 93.0 Å². The molecule has 0 atom stereocenters. The molecule has 0 unspecified atom stereocenters. The summed E-state index contributed by atoms with van der Waals surface area (Å²) in [6.07, 6.45) is 0. The first kappa shape index (κ1) is 18.5. The van der Waals surface area contributed by atoms with Gasteiger partial charge in [0.1, 0.15) is 11.4 Å². The minimum atomic E-state index is -0.385. The minimum absolute atomic E-state index is 0.118. The molecule has 29 heavy (non-hydrogen) atoms. The van der Waals surface area contributed by atoms with E-state index in [0.29, 0.717) is 17.1 Å². The first-order valence-electron chi connectivity index (χ1n) is 9.09. The largest absolute Gasteiger partial charge is 0.497 e. The summed E-state index contributed by atoms with van der Waals surface area (Å²) in [6, 6.07) is 16.7. The van der Waals surface area contributed by atoms with Gasteiger partial charge in [-0.1, -0.05) is 28.9 Å². The van der Waals surface area contributed by atoms with Gasteiger partial charge >= 0.3 is 0 Å². The molecule has 146 valence electrons. The second-order valence-corrected chi connectivity index (χ2v) is 6.75. The number of aryl methyl sites for hydroxylation is 2. The van der Waals surface area contributed by atoms with Crippen LogP contribution in [0.4, 0.5) is 5.69 Å². The predicted molar refractivity (Wildman–Crippen MR) is 110 cm³/mol. The molecule has 2 aromatic heterocycles. The van der Waals surface area contributed by atoms with Crippen molar-refractivity contribution < 1.29 is 14.1 Å². The molecule has 0 aliphatic carbocycles. The molecule has 7 nitrogen and oxygen atoms in total. The van der Waals surface area contributed by atoms with Gasteiger partial charge in [0.2, 0.25) is 5.76 Å². The molecule has 0 saturated carbocycles. The highest BCUT2D eigenvalue weighted by atomic mass is 16.5. The first-order chi connectivity index (χ1) is 14.0. The first-order valence-corrected chi connectivity index (χ1v) is 9.09. The van der Waals surface area contributed by atoms with Gasteiger partial charge < -0.3 is 14.6 Å². The Morgan fingerprint density at radius 2 is 1.93 bits per heavy atom. The van der Waals surface area contributed by atoms with Crippen molar-refractivity contribution in [1.29, 1.82) is 0 Å². The van der Waals surface area contributed by atoms with Gasteiger partial charge in [-0.15, -0.1) is 0 Å². The average molecular weight is 388 g/mol. The van der Waals surface area contributed by atoms with E-state index in [0.717, 1.165) is 28.1 Å². The number of carbonyl (C=O) groups is 1. The van der Waals surface area contributed by atoms with Crippen LogP contribution in [0.2, 0.25) is 0 Å². The van der Waals surface area contributed by atoms with Crippen molar-refractivity contribution in [3.05, 3.63) is 71.6 Å². The molecule has 2 aromatic carbocycles. The number of hydrogen-bond acceptors (Lipinski definition) is 5. The van der Waals surface area contributed by atoms with Gasteiger partial charge in [0, 0.05) is 22.9 Å². The van der Waals surface area contributed by atoms with Crippen molar-refractivity contribution >= 4 is 11.6 Å². The number of methoxy groups -OCH3 is 1. The minimum Gasteiger partial charge on any atom is -0.497 e. The van der Waals surface area contributed by atoms with Crippen LogP contribution in [0.3, 0.4) is 0 Å². The monoisotopic (exact) mass is 388 g/mol. The molecule has 0 bridgehead atoms. The number of H-pyrrole nitrogens is 1. The smallest absolute Gasteiger partial charge is 0.294 e. The fraction of sp³-hybridized carbons (Fsp3) is 0.136. The molecule has 0 fully saturated rings. The Morgan fingerprint density at radius 3 is 2.69 bits per heavy atom. The van der Waals surface area contributed by atoms with E-state index in [1.54, 1.807) is 13.2 Å². The Morgan fingerprint density at radius 1 is 1.07 bits per heavy atom. The summed E-state index contributed by atoms with van der Waals surface area (Å²) in [6.45, 7) is 3.92. The molecule has 0 aliphatic rings. The highest BCUT2D eigenvalue weighted by molar-refractivity contribution is 6.04. The summed E-state index contributed by atoms with van der Waals surface area (Å²) in [4.78, 5) is 12.8. The zero-order valence-corrected chi connectivity index (χ0v) is 16.3. The lowest BCUT2D eigenvalue weighted by Crippen LogP contribution is -2.11. The molecule has 2 N–H and O–H groups in total. The molecule has 1 amide bonds. The van der Waals surface area contributed by atoms with Gasteiger partial charge in [0.25, 0.3) is 5.91 Å². The molecule has 0 aliphatic heterocycles. The lowest BCUT2D eigenvalue weighted by Gasteiger charge is -2.09. The third kappa shape index (κ3) is 3.89. The number of aromatic nitrogens is 3. The zero-order valence-electron chi connectivity index (χ0n) is 16.3. The van der Waals surface area contributed by atoms with Crippen LogP contribution < -0.4 is 10.1 Å². The maximum atomic E-state index is 12.8. The fourth-order valence-corrected chi connectivity index (χ4v) is 3.02. The van der Waals surface area contributed by atoms with Gasteiger partial charge in [-0.25, -0.2) is 0 Å². The summed E-state index contributed by atoms with van der Waals surface area (Å²) in [5.41, 5.74) is 5.60. The lowest BCUT2D eigenvalue weighted by molar-refractivity contribution is 0.0988. The van der Waals surface area contributed by atoms with E-state index in [2.05, 4.69) is 20.7 Å². The van der Waals surface area contributed by atoms with E-state index >= 15 is 0 Å². The van der Waals surface area contributed by atoms with E-state index in [4.69, 9.17) is 9.26 Å². The summed E-state index contributed by atoms with van der Waals surface area (Å²) in [5.74, 6) is 0.437. The number of ether oxygens (including phenoxy) is 1. The van der Waals surface area contributed by atoms with Crippen molar-refractivity contribution in [2.45, 2.75) is 13.8 Å². The number of benzene rings is 2. The van der Waals surface area contributed by atoms with Gasteiger partial charge in [0.05, 0.1) is 18.5 Å². The van der Waals surface area contributed by atoms with Crippen LogP contribution in [0.15, 0.2) is 59.1 Å². The molecule has 0 spiro atoms. The molecule has 0 saturated heterocycles. The van der Waals surface area contributed by atoms with Crippen LogP contribution >= 0.6 is 0 Å². The van der Waals surface area contributed by atoms with Crippen LogP contribution in [-0.4, -0.2) is 28.4 Å². The maximum absolute atomic E-state index is 12.8. The normalized spacial score (nSPS) is 10.7. The van der Waals surface area contributed by atoms with Crippen LogP contribution in [0.1, 0.15) is 21.8 Å². The number of rotatable bonds is 5. The Bertz CT molecular complexity index is 1180. The molecule has 4 rings (SSSR count). The third-order valence-electron chi connectivity index (χ3n) is 4.50. The van der Waals surface area contributed by atoms with E-state index in [-0.39, 0.29) is 11.7 Å². The SMILES string of the molecule is COc1cccc(-c2cc(C(=O)Nc3ccc(C)cc3-c3cc(C)[nH]n3)on2)c1. The number of carbonyl (C=O) groups excluding carboxylic acids is 1. The average Bonchev–Trinajstić information content (AvgIpc) is 3.39. The Labute approximate surface area is 167 Å². The number of nitrogens with zero attached hydrogens (tertiary/aromatic N) is 2. The van der Waals surface area contributed by atoms with Crippen LogP contribution in [0, 0.1) is 13.8 Å². The van der Waals surface area contributed by atoms with Crippen LogP contribution in [0.5, 0.6) is 5.75 Å². The Hall–Kier alpha value is -3.87. The summed E-state index contributed by atoms with van der Waals surface area (Å²) >= 11 is 0. The van der Waals surface area contributed by atoms with Crippen LogP contribution in [-0.2, 0) is 0 Å². The third-order valence-corrected chi connectivity index (χ3v) is 4.50. The second kappa shape index (κ2) is 7.63. The molecular formula is C22H20N4O3. The quantitative estimate of drug-likeness (QED) is 0.521. The van der Waals surface area contributed by atoms with E-state index in [1.165, 1.54) is 0 Å². The maximum Gasteiger partial charge on any atom is 0.294 e. The van der Waals surface area contributed by atoms with E-state index in [9.17, 15) is 4.79 Å². The van der Waals surface area contributed by atoms with Crippen molar-refractivity contribution in [2.75, 3.05) is 12.4 Å². The van der Waals surface area contributed by atoms with Crippen LogP contribution in [0.25, 0.3) is 22.5 Å². The standard InChI is InChI=1S/C22H20N4O3/c1-13-7-8-18(17(9-13)20-10-14(2)24-25-20)23-22(27)21-12-19(26-29-21)15-5-4-6-16(11-15)28-3/h4-12H,1-3H3,(H,23,27)(H,24,25). The molecule has 0 radical (unpaired) electrons. The lowest BCUT2D eigenvalue weighted by atomic mass is 10.1. The summed E-state index contributed by atoms with van der Waals surface area (Å²) in [5, 5.41) is 14.1. The highest BCUT2D eigenvalue weighted by Crippen LogP contribution is 2.29. The zero-order chi connectivity index (χ0) is 20.4. The van der Waals surface area contributed by atoms with E-state index < -0.39 is 0 Å². The van der Waals surface area contributed by atoms with Crippen molar-refractivity contribution in [2.24, 2.45) is 0 Å².